The van der Waals surface area contributed by atoms with Crippen molar-refractivity contribution < 1.29 is 9.84 Å². The van der Waals surface area contributed by atoms with Gasteiger partial charge in [-0.15, -0.1) is 0 Å². The third-order valence-corrected chi connectivity index (χ3v) is 3.36. The van der Waals surface area contributed by atoms with Crippen LogP contribution in [0.4, 0.5) is 11.9 Å². The number of rotatable bonds is 7. The Labute approximate surface area is 125 Å². The molecule has 0 radical (unpaired) electrons. The fourth-order valence-corrected chi connectivity index (χ4v) is 2.34. The number of aliphatic hydroxyl groups excluding tert-OH is 1. The van der Waals surface area contributed by atoms with Crippen molar-refractivity contribution in [2.75, 3.05) is 30.4 Å². The molecule has 1 aromatic rings. The van der Waals surface area contributed by atoms with E-state index in [4.69, 9.17) is 4.74 Å². The quantitative estimate of drug-likeness (QED) is 0.784. The van der Waals surface area contributed by atoms with Crippen LogP contribution in [-0.4, -0.2) is 52.4 Å². The van der Waals surface area contributed by atoms with Crippen LogP contribution in [0.3, 0.4) is 0 Å². The van der Waals surface area contributed by atoms with Crippen molar-refractivity contribution in [1.82, 2.24) is 15.0 Å². The van der Waals surface area contributed by atoms with Crippen LogP contribution >= 0.6 is 0 Å². The largest absolute Gasteiger partial charge is 0.461 e. The van der Waals surface area contributed by atoms with Gasteiger partial charge in [-0.25, -0.2) is 0 Å². The second kappa shape index (κ2) is 6.89. The Bertz CT molecular complexity index is 463. The van der Waals surface area contributed by atoms with E-state index in [2.05, 4.69) is 20.3 Å². The summed E-state index contributed by atoms with van der Waals surface area (Å²) < 4.78 is 5.59. The summed E-state index contributed by atoms with van der Waals surface area (Å²) in [7, 11) is 1.95. The van der Waals surface area contributed by atoms with Crippen LogP contribution in [0.25, 0.3) is 0 Å². The third kappa shape index (κ3) is 4.42. The smallest absolute Gasteiger partial charge is 0.323 e. The summed E-state index contributed by atoms with van der Waals surface area (Å²) in [5.74, 6) is 1.62. The van der Waals surface area contributed by atoms with Crippen molar-refractivity contribution in [3.05, 3.63) is 0 Å². The topological polar surface area (TPSA) is 83.4 Å². The minimum Gasteiger partial charge on any atom is -0.461 e. The molecule has 2 rings (SSSR count). The van der Waals surface area contributed by atoms with E-state index in [1.54, 1.807) is 0 Å². The summed E-state index contributed by atoms with van der Waals surface area (Å²) in [6, 6.07) is 0.339. The van der Waals surface area contributed by atoms with Gasteiger partial charge in [-0.1, -0.05) is 0 Å². The molecule has 0 bridgehead atoms. The number of anilines is 2. The molecule has 0 aliphatic heterocycles. The maximum Gasteiger partial charge on any atom is 0.323 e. The zero-order valence-electron chi connectivity index (χ0n) is 13.2. The number of aromatic nitrogens is 3. The highest BCUT2D eigenvalue weighted by Gasteiger charge is 2.28. The van der Waals surface area contributed by atoms with E-state index in [-0.39, 0.29) is 12.2 Å². The van der Waals surface area contributed by atoms with E-state index in [0.717, 1.165) is 25.9 Å². The second-order valence-electron chi connectivity index (χ2n) is 5.81. The van der Waals surface area contributed by atoms with Crippen molar-refractivity contribution in [2.45, 2.75) is 45.8 Å². The molecular weight excluding hydrogens is 270 g/mol. The molecule has 0 amide bonds. The minimum absolute atomic E-state index is 0.0156. The molecule has 0 atom stereocenters. The standard InChI is InChI=1S/C14H25N5O2/c1-5-15-12-16-13(18-14(17-12)21-9(2)3)19(4)8-10-6-11(20)7-10/h9-11,20H,5-8H2,1-4H3,(H,15,16,17,18). The van der Waals surface area contributed by atoms with Crippen LogP contribution in [0, 0.1) is 5.92 Å². The lowest BCUT2D eigenvalue weighted by Crippen LogP contribution is -2.37. The zero-order valence-corrected chi connectivity index (χ0v) is 13.2. The average Bonchev–Trinajstić information content (AvgIpc) is 2.36. The van der Waals surface area contributed by atoms with Crippen LogP contribution in [0.15, 0.2) is 0 Å². The van der Waals surface area contributed by atoms with Gasteiger partial charge in [0.1, 0.15) is 0 Å². The van der Waals surface area contributed by atoms with Gasteiger partial charge in [-0.05, 0) is 39.5 Å². The maximum absolute atomic E-state index is 9.37. The predicted octanol–water partition coefficient (Wildman–Crippen LogP) is 1.30. The molecular formula is C14H25N5O2. The summed E-state index contributed by atoms with van der Waals surface area (Å²) in [5, 5.41) is 12.5. The molecule has 1 heterocycles. The summed E-state index contributed by atoms with van der Waals surface area (Å²) >= 11 is 0. The van der Waals surface area contributed by atoms with E-state index in [1.807, 2.05) is 32.7 Å². The fraction of sp³-hybridized carbons (Fsp3) is 0.786. The summed E-state index contributed by atoms with van der Waals surface area (Å²) in [6.45, 7) is 7.44. The Morgan fingerprint density at radius 1 is 1.33 bits per heavy atom. The molecule has 0 spiro atoms. The molecule has 2 N–H and O–H groups in total. The number of hydrogen-bond donors (Lipinski definition) is 2. The summed E-state index contributed by atoms with van der Waals surface area (Å²) in [6.07, 6.45) is 1.58. The van der Waals surface area contributed by atoms with Crippen molar-refractivity contribution >= 4 is 11.9 Å². The molecule has 1 aliphatic rings. The number of hydrogen-bond acceptors (Lipinski definition) is 7. The van der Waals surface area contributed by atoms with Gasteiger partial charge in [0.2, 0.25) is 11.9 Å². The summed E-state index contributed by atoms with van der Waals surface area (Å²) in [5.41, 5.74) is 0. The van der Waals surface area contributed by atoms with Crippen LogP contribution in [0.5, 0.6) is 6.01 Å². The molecule has 7 nitrogen and oxygen atoms in total. The number of nitrogens with zero attached hydrogens (tertiary/aromatic N) is 4. The van der Waals surface area contributed by atoms with E-state index in [1.165, 1.54) is 0 Å². The van der Waals surface area contributed by atoms with Crippen LogP contribution in [0.1, 0.15) is 33.6 Å². The minimum atomic E-state index is -0.140. The lowest BCUT2D eigenvalue weighted by molar-refractivity contribution is 0.0463. The van der Waals surface area contributed by atoms with E-state index in [0.29, 0.717) is 23.8 Å². The molecule has 0 saturated heterocycles. The molecule has 1 aliphatic carbocycles. The van der Waals surface area contributed by atoms with Gasteiger partial charge in [0.15, 0.2) is 0 Å². The number of ether oxygens (including phenoxy) is 1. The molecule has 1 saturated carbocycles. The van der Waals surface area contributed by atoms with Crippen LogP contribution < -0.4 is 15.0 Å². The van der Waals surface area contributed by atoms with Crippen LogP contribution in [0.2, 0.25) is 0 Å². The lowest BCUT2D eigenvalue weighted by atomic mass is 9.82. The SMILES string of the molecule is CCNc1nc(OC(C)C)nc(N(C)CC2CC(O)C2)n1. The van der Waals surface area contributed by atoms with Crippen LogP contribution in [-0.2, 0) is 0 Å². The van der Waals surface area contributed by atoms with Gasteiger partial charge >= 0.3 is 6.01 Å². The van der Waals surface area contributed by atoms with Gasteiger partial charge in [-0.3, -0.25) is 0 Å². The molecule has 1 aromatic heterocycles. The lowest BCUT2D eigenvalue weighted by Gasteiger charge is -2.34. The van der Waals surface area contributed by atoms with Crippen molar-refractivity contribution in [3.8, 4) is 6.01 Å². The maximum atomic E-state index is 9.37. The third-order valence-electron chi connectivity index (χ3n) is 3.36. The monoisotopic (exact) mass is 295 g/mol. The second-order valence-corrected chi connectivity index (χ2v) is 5.81. The van der Waals surface area contributed by atoms with Gasteiger partial charge in [0.25, 0.3) is 0 Å². The van der Waals surface area contributed by atoms with E-state index < -0.39 is 0 Å². The highest BCUT2D eigenvalue weighted by Crippen LogP contribution is 2.28. The summed E-state index contributed by atoms with van der Waals surface area (Å²) in [4.78, 5) is 15.0. The zero-order chi connectivity index (χ0) is 15.4. The van der Waals surface area contributed by atoms with Gasteiger partial charge < -0.3 is 20.1 Å². The first-order valence-electron chi connectivity index (χ1n) is 7.53. The molecule has 1 fully saturated rings. The Morgan fingerprint density at radius 3 is 2.62 bits per heavy atom. The van der Waals surface area contributed by atoms with Gasteiger partial charge in [0, 0.05) is 20.1 Å². The molecule has 0 unspecified atom stereocenters. The Balaban J connectivity index is 2.10. The first kappa shape index (κ1) is 15.8. The van der Waals surface area contributed by atoms with Crippen molar-refractivity contribution in [1.29, 1.82) is 0 Å². The molecule has 0 aromatic carbocycles. The number of aliphatic hydroxyl groups is 1. The van der Waals surface area contributed by atoms with Gasteiger partial charge in [0.05, 0.1) is 12.2 Å². The highest BCUT2D eigenvalue weighted by atomic mass is 16.5. The predicted molar refractivity (Wildman–Crippen MR) is 81.8 cm³/mol. The first-order valence-corrected chi connectivity index (χ1v) is 7.53. The Morgan fingerprint density at radius 2 is 2.05 bits per heavy atom. The Kier molecular flexibility index (Phi) is 5.17. The normalized spacial score (nSPS) is 21.0. The van der Waals surface area contributed by atoms with E-state index >= 15 is 0 Å². The molecule has 118 valence electrons. The highest BCUT2D eigenvalue weighted by molar-refractivity contribution is 5.37. The average molecular weight is 295 g/mol. The number of nitrogens with one attached hydrogen (secondary N) is 1. The van der Waals surface area contributed by atoms with Crippen molar-refractivity contribution in [2.24, 2.45) is 5.92 Å². The first-order chi connectivity index (χ1) is 9.97. The van der Waals surface area contributed by atoms with Gasteiger partial charge in [-0.2, -0.15) is 15.0 Å². The van der Waals surface area contributed by atoms with E-state index in [9.17, 15) is 5.11 Å². The fourth-order valence-electron chi connectivity index (χ4n) is 2.34. The molecule has 21 heavy (non-hydrogen) atoms. The Hall–Kier alpha value is -1.63. The van der Waals surface area contributed by atoms with Crippen molar-refractivity contribution in [3.63, 3.8) is 0 Å². The molecule has 7 heteroatoms.